The van der Waals surface area contributed by atoms with Crippen molar-refractivity contribution >= 4 is 0 Å². The van der Waals surface area contributed by atoms with Crippen LogP contribution in [0.5, 0.6) is 28.7 Å². The molecule has 5 heteroatoms. The van der Waals surface area contributed by atoms with E-state index in [2.05, 4.69) is 6.92 Å². The van der Waals surface area contributed by atoms with Crippen LogP contribution in [0.15, 0.2) is 30.3 Å². The number of benzene rings is 2. The summed E-state index contributed by atoms with van der Waals surface area (Å²) in [6.45, 7) is 2.86. The van der Waals surface area contributed by atoms with E-state index in [1.54, 1.807) is 12.1 Å². The summed E-state index contributed by atoms with van der Waals surface area (Å²) in [5, 5.41) is 9.62. The molecule has 2 aromatic carbocycles. The number of rotatable bonds is 0. The van der Waals surface area contributed by atoms with Crippen LogP contribution in [0.4, 0.5) is 0 Å². The summed E-state index contributed by atoms with van der Waals surface area (Å²) in [5.74, 6) is 3.14. The Hall–Kier alpha value is -2.56. The van der Waals surface area contributed by atoms with Crippen LogP contribution in [0.2, 0.25) is 0 Å². The highest BCUT2D eigenvalue weighted by molar-refractivity contribution is 5.59. The number of phenolic OH excluding ortho intramolecular Hbond substituents is 1. The van der Waals surface area contributed by atoms with E-state index >= 15 is 0 Å². The molecule has 2 atom stereocenters. The topological polar surface area (TPSA) is 57.2 Å². The van der Waals surface area contributed by atoms with Gasteiger partial charge in [-0.05, 0) is 25.1 Å². The Morgan fingerprint density at radius 3 is 2.68 bits per heavy atom. The predicted molar refractivity (Wildman–Crippen MR) is 76.9 cm³/mol. The molecule has 0 saturated carbocycles. The van der Waals surface area contributed by atoms with Crippen LogP contribution in [0, 0.1) is 0 Å². The third kappa shape index (κ3) is 1.38. The summed E-state index contributed by atoms with van der Waals surface area (Å²) >= 11 is 0. The van der Waals surface area contributed by atoms with Crippen molar-refractivity contribution < 1.29 is 24.1 Å². The smallest absolute Gasteiger partial charge is 0.231 e. The SMILES string of the molecule is C[C@]12COc3cc(O)ccc3[C@H]1Oc1cc3c(cc12)OCO3. The third-order valence-electron chi connectivity index (χ3n) is 4.72. The van der Waals surface area contributed by atoms with Gasteiger partial charge in [-0.25, -0.2) is 0 Å². The standard InChI is InChI=1S/C17H14O5/c1-17-7-19-12-4-9(18)2-3-10(12)16(17)22-13-6-15-14(5-11(13)17)20-8-21-15/h2-6,16,18H,7-8H2,1H3/t16-,17-/m1/s1. The molecular weight excluding hydrogens is 284 g/mol. The first-order valence-corrected chi connectivity index (χ1v) is 7.22. The molecule has 0 aromatic heterocycles. The molecule has 2 aromatic rings. The zero-order chi connectivity index (χ0) is 14.9. The zero-order valence-electron chi connectivity index (χ0n) is 12.0. The van der Waals surface area contributed by atoms with Crippen LogP contribution in [0.1, 0.15) is 24.2 Å². The molecule has 0 unspecified atom stereocenters. The number of phenols is 1. The highest BCUT2D eigenvalue weighted by Crippen LogP contribution is 2.57. The third-order valence-corrected chi connectivity index (χ3v) is 4.72. The minimum atomic E-state index is -0.291. The number of hydrogen-bond acceptors (Lipinski definition) is 5. The lowest BCUT2D eigenvalue weighted by molar-refractivity contribution is 0.0821. The Morgan fingerprint density at radius 2 is 1.82 bits per heavy atom. The van der Waals surface area contributed by atoms with Gasteiger partial charge in [-0.1, -0.05) is 0 Å². The maximum Gasteiger partial charge on any atom is 0.231 e. The summed E-state index contributed by atoms with van der Waals surface area (Å²) in [7, 11) is 0. The molecule has 22 heavy (non-hydrogen) atoms. The number of aromatic hydroxyl groups is 1. The second kappa shape index (κ2) is 3.80. The molecule has 0 bridgehead atoms. The van der Waals surface area contributed by atoms with Gasteiger partial charge < -0.3 is 24.1 Å². The van der Waals surface area contributed by atoms with Crippen molar-refractivity contribution in [1.82, 2.24) is 0 Å². The summed E-state index contributed by atoms with van der Waals surface area (Å²) in [4.78, 5) is 0. The van der Waals surface area contributed by atoms with Crippen LogP contribution >= 0.6 is 0 Å². The maximum atomic E-state index is 9.62. The lowest BCUT2D eigenvalue weighted by Crippen LogP contribution is -2.38. The molecule has 0 fully saturated rings. The van der Waals surface area contributed by atoms with E-state index < -0.39 is 0 Å². The maximum absolute atomic E-state index is 9.62. The second-order valence-electron chi connectivity index (χ2n) is 6.13. The molecule has 3 heterocycles. The normalized spacial score (nSPS) is 26.5. The Bertz CT molecular complexity index is 800. The molecule has 0 amide bonds. The van der Waals surface area contributed by atoms with E-state index in [-0.39, 0.29) is 24.1 Å². The van der Waals surface area contributed by atoms with Crippen LogP contribution in [-0.2, 0) is 5.41 Å². The van der Waals surface area contributed by atoms with Gasteiger partial charge >= 0.3 is 0 Å². The highest BCUT2D eigenvalue weighted by Gasteiger charge is 2.51. The van der Waals surface area contributed by atoms with Crippen molar-refractivity contribution in [3.05, 3.63) is 41.5 Å². The number of hydrogen-bond donors (Lipinski definition) is 1. The van der Waals surface area contributed by atoms with Crippen LogP contribution in [0.25, 0.3) is 0 Å². The van der Waals surface area contributed by atoms with Gasteiger partial charge in [0.1, 0.15) is 30.0 Å². The van der Waals surface area contributed by atoms with Crippen LogP contribution < -0.4 is 18.9 Å². The number of fused-ring (bicyclic) bond motifs is 6. The molecule has 3 aliphatic heterocycles. The van der Waals surface area contributed by atoms with Crippen molar-refractivity contribution in [2.24, 2.45) is 0 Å². The van der Waals surface area contributed by atoms with Gasteiger partial charge in [0.15, 0.2) is 11.5 Å². The molecule has 1 N–H and O–H groups in total. The lowest BCUT2D eigenvalue weighted by atomic mass is 9.75. The van der Waals surface area contributed by atoms with E-state index in [1.165, 1.54) is 0 Å². The molecule has 0 radical (unpaired) electrons. The summed E-state index contributed by atoms with van der Waals surface area (Å²) < 4.78 is 23.0. The zero-order valence-corrected chi connectivity index (χ0v) is 12.0. The molecule has 0 spiro atoms. The van der Waals surface area contributed by atoms with E-state index in [1.807, 2.05) is 18.2 Å². The first kappa shape index (κ1) is 12.0. The fourth-order valence-corrected chi connectivity index (χ4v) is 3.52. The van der Waals surface area contributed by atoms with Gasteiger partial charge in [-0.15, -0.1) is 0 Å². The minimum Gasteiger partial charge on any atom is -0.508 e. The molecule has 0 aliphatic carbocycles. The van der Waals surface area contributed by atoms with Gasteiger partial charge in [0.2, 0.25) is 6.79 Å². The lowest BCUT2D eigenvalue weighted by Gasteiger charge is -2.36. The molecule has 112 valence electrons. The Labute approximate surface area is 127 Å². The summed E-state index contributed by atoms with van der Waals surface area (Å²) in [6, 6.07) is 9.03. The first-order valence-electron chi connectivity index (χ1n) is 7.22. The van der Waals surface area contributed by atoms with Crippen molar-refractivity contribution in [2.75, 3.05) is 13.4 Å². The highest BCUT2D eigenvalue weighted by atomic mass is 16.7. The van der Waals surface area contributed by atoms with Crippen LogP contribution in [-0.4, -0.2) is 18.5 Å². The van der Waals surface area contributed by atoms with E-state index in [0.29, 0.717) is 18.1 Å². The van der Waals surface area contributed by atoms with Crippen molar-refractivity contribution in [2.45, 2.75) is 18.4 Å². The van der Waals surface area contributed by atoms with Gasteiger partial charge in [-0.3, -0.25) is 0 Å². The quantitative estimate of drug-likeness (QED) is 0.810. The Kier molecular flexibility index (Phi) is 2.08. The average Bonchev–Trinajstić information content (AvgIpc) is 3.07. The fourth-order valence-electron chi connectivity index (χ4n) is 3.52. The Morgan fingerprint density at radius 1 is 1.00 bits per heavy atom. The minimum absolute atomic E-state index is 0.144. The van der Waals surface area contributed by atoms with Crippen molar-refractivity contribution in [1.29, 1.82) is 0 Å². The second-order valence-corrected chi connectivity index (χ2v) is 6.13. The van der Waals surface area contributed by atoms with Gasteiger partial charge in [0, 0.05) is 23.3 Å². The van der Waals surface area contributed by atoms with Crippen molar-refractivity contribution in [3.63, 3.8) is 0 Å². The van der Waals surface area contributed by atoms with Gasteiger partial charge in [-0.2, -0.15) is 0 Å². The van der Waals surface area contributed by atoms with Gasteiger partial charge in [0.25, 0.3) is 0 Å². The van der Waals surface area contributed by atoms with Crippen molar-refractivity contribution in [3.8, 4) is 28.7 Å². The summed E-state index contributed by atoms with van der Waals surface area (Å²) in [6.07, 6.45) is -0.144. The summed E-state index contributed by atoms with van der Waals surface area (Å²) in [5.41, 5.74) is 1.73. The molecule has 5 nitrogen and oxygen atoms in total. The molecule has 5 rings (SSSR count). The van der Waals surface area contributed by atoms with Crippen LogP contribution in [0.3, 0.4) is 0 Å². The van der Waals surface area contributed by atoms with E-state index in [9.17, 15) is 5.11 Å². The largest absolute Gasteiger partial charge is 0.508 e. The molecule has 0 saturated heterocycles. The predicted octanol–water partition coefficient (Wildman–Crippen LogP) is 2.90. The van der Waals surface area contributed by atoms with Gasteiger partial charge in [0.05, 0.1) is 5.41 Å². The first-order chi connectivity index (χ1) is 10.6. The molecular formula is C17H14O5. The van der Waals surface area contributed by atoms with E-state index in [0.717, 1.165) is 22.6 Å². The fraction of sp³-hybridized carbons (Fsp3) is 0.294. The number of ether oxygens (including phenoxy) is 4. The average molecular weight is 298 g/mol. The molecule has 3 aliphatic rings. The van der Waals surface area contributed by atoms with E-state index in [4.69, 9.17) is 18.9 Å². The Balaban J connectivity index is 1.67. The monoisotopic (exact) mass is 298 g/mol.